The van der Waals surface area contributed by atoms with Gasteiger partial charge in [0.05, 0.1) is 7.11 Å². The lowest BCUT2D eigenvalue weighted by atomic mass is 11.8. The fraction of sp³-hybridized carbons (Fsp3) is 1.00. The molecule has 1 radical (unpaired) electrons. The second kappa shape index (κ2) is 2.82. The SMILES string of the molecule is CO[Si]=O. The fourth-order valence-electron chi connectivity index (χ4n) is 0. The van der Waals surface area contributed by atoms with Crippen LogP contribution >= 0.6 is 0 Å². The predicted molar refractivity (Wildman–Crippen MR) is 13.4 cm³/mol. The first-order valence-electron chi connectivity index (χ1n) is 0.816. The Morgan fingerprint density at radius 3 is 2.25 bits per heavy atom. The summed E-state index contributed by atoms with van der Waals surface area (Å²) in [6.07, 6.45) is 0. The highest BCUT2D eigenvalue weighted by Crippen LogP contribution is 1.32. The molecule has 0 rings (SSSR count). The molecular formula is CH3O2Si. The molecule has 0 N–H and O–H groups in total. The van der Waals surface area contributed by atoms with Crippen LogP contribution in [0.5, 0.6) is 0 Å². The molecule has 0 unspecified atom stereocenters. The van der Waals surface area contributed by atoms with Gasteiger partial charge in [-0.05, 0) is 0 Å². The van der Waals surface area contributed by atoms with Crippen LogP contribution in [0.1, 0.15) is 0 Å². The summed E-state index contributed by atoms with van der Waals surface area (Å²) >= 11 is 0. The molecule has 0 aromatic carbocycles. The van der Waals surface area contributed by atoms with Gasteiger partial charge in [-0.1, -0.05) is 0 Å². The van der Waals surface area contributed by atoms with E-state index < -0.39 is 9.65 Å². The lowest BCUT2D eigenvalue weighted by Crippen LogP contribution is -1.71. The third kappa shape index (κ3) is 1.82. The highest BCUT2D eigenvalue weighted by atomic mass is 28.2. The standard InChI is InChI=1S/CH3O2Si/c1-3-4-2/h1H3. The average Bonchev–Trinajstić information content (AvgIpc) is 1.37. The summed E-state index contributed by atoms with van der Waals surface area (Å²) in [5.41, 5.74) is 0. The maximum absolute atomic E-state index is 9.10. The van der Waals surface area contributed by atoms with E-state index in [4.69, 9.17) is 4.46 Å². The third-order valence-electron chi connectivity index (χ3n) is 0.0833. The van der Waals surface area contributed by atoms with Crippen LogP contribution in [-0.4, -0.2) is 16.8 Å². The molecule has 0 aliphatic rings. The van der Waals surface area contributed by atoms with Crippen LogP contribution in [0.3, 0.4) is 0 Å². The van der Waals surface area contributed by atoms with Gasteiger partial charge in [-0.25, -0.2) is 0 Å². The van der Waals surface area contributed by atoms with E-state index in [1.54, 1.807) is 0 Å². The van der Waals surface area contributed by atoms with E-state index in [9.17, 15) is 0 Å². The van der Waals surface area contributed by atoms with E-state index in [1.807, 2.05) is 0 Å². The molecule has 3 heteroatoms. The molecule has 0 heterocycles. The Morgan fingerprint density at radius 2 is 2.25 bits per heavy atom. The minimum atomic E-state index is -0.610. The zero-order valence-corrected chi connectivity index (χ0v) is 3.32. The van der Waals surface area contributed by atoms with Gasteiger partial charge in [0.1, 0.15) is 0 Å². The number of rotatable bonds is 1. The molecular weight excluding hydrogens is 72.1 g/mol. The van der Waals surface area contributed by atoms with Crippen molar-refractivity contribution in [2.45, 2.75) is 0 Å². The zero-order chi connectivity index (χ0) is 3.41. The molecule has 0 amide bonds. The molecule has 0 aromatic heterocycles. The van der Waals surface area contributed by atoms with Crippen molar-refractivity contribution >= 4 is 9.65 Å². The Labute approximate surface area is 26.8 Å². The maximum Gasteiger partial charge on any atom is 0.594 e. The number of hydrogen-bond acceptors (Lipinski definition) is 2. The normalized spacial score (nSPS) is 5.25. The Hall–Kier alpha value is -0.183. The Balaban J connectivity index is 2.30. The van der Waals surface area contributed by atoms with Gasteiger partial charge in [0.25, 0.3) is 0 Å². The first kappa shape index (κ1) is 3.82. The van der Waals surface area contributed by atoms with Crippen LogP contribution in [0.4, 0.5) is 0 Å². The van der Waals surface area contributed by atoms with Crippen LogP contribution in [0.15, 0.2) is 0 Å². The molecule has 0 spiro atoms. The first-order chi connectivity index (χ1) is 1.91. The molecule has 0 fully saturated rings. The van der Waals surface area contributed by atoms with E-state index in [1.165, 1.54) is 7.11 Å². The first-order valence-corrected chi connectivity index (χ1v) is 1.63. The van der Waals surface area contributed by atoms with E-state index >= 15 is 0 Å². The van der Waals surface area contributed by atoms with Crippen molar-refractivity contribution in [1.29, 1.82) is 0 Å². The molecule has 0 bridgehead atoms. The molecule has 0 saturated heterocycles. The summed E-state index contributed by atoms with van der Waals surface area (Å²) < 4.78 is 13.1. The summed E-state index contributed by atoms with van der Waals surface area (Å²) in [6.45, 7) is 0. The second-order valence-corrected chi connectivity index (χ2v) is 0.862. The van der Waals surface area contributed by atoms with Crippen molar-refractivity contribution in [2.24, 2.45) is 0 Å². The molecule has 0 aliphatic heterocycles. The molecule has 0 saturated carbocycles. The van der Waals surface area contributed by atoms with Gasteiger partial charge >= 0.3 is 9.65 Å². The third-order valence-corrected chi connectivity index (χ3v) is 0.250. The monoisotopic (exact) mass is 75.0 g/mol. The van der Waals surface area contributed by atoms with Gasteiger partial charge in [-0.3, -0.25) is 0 Å². The molecule has 4 heavy (non-hydrogen) atoms. The molecule has 0 aromatic rings. The molecule has 23 valence electrons. The Bertz CT molecular complexity index is 20.0. The van der Waals surface area contributed by atoms with E-state index in [-0.39, 0.29) is 0 Å². The Kier molecular flexibility index (Phi) is 2.69. The van der Waals surface area contributed by atoms with Crippen molar-refractivity contribution in [3.8, 4) is 0 Å². The summed E-state index contributed by atoms with van der Waals surface area (Å²) in [7, 11) is 0.771. The molecule has 0 atom stereocenters. The topological polar surface area (TPSA) is 26.3 Å². The zero-order valence-electron chi connectivity index (χ0n) is 2.32. The maximum atomic E-state index is 9.10. The Morgan fingerprint density at radius 1 is 2.00 bits per heavy atom. The van der Waals surface area contributed by atoms with Gasteiger partial charge in [0.15, 0.2) is 0 Å². The second-order valence-electron chi connectivity index (χ2n) is 0.287. The van der Waals surface area contributed by atoms with Gasteiger partial charge in [0, 0.05) is 0 Å². The minimum absolute atomic E-state index is 0.610. The average molecular weight is 75.1 g/mol. The van der Waals surface area contributed by atoms with Crippen LogP contribution in [-0.2, 0) is 8.89 Å². The van der Waals surface area contributed by atoms with Crippen molar-refractivity contribution in [2.75, 3.05) is 7.11 Å². The minimum Gasteiger partial charge on any atom is -0.523 e. The van der Waals surface area contributed by atoms with Gasteiger partial charge in [-0.2, -0.15) is 0 Å². The summed E-state index contributed by atoms with van der Waals surface area (Å²) in [5.74, 6) is 0. The summed E-state index contributed by atoms with van der Waals surface area (Å²) in [4.78, 5) is 0. The van der Waals surface area contributed by atoms with Crippen LogP contribution < -0.4 is 0 Å². The molecule has 2 nitrogen and oxygen atoms in total. The van der Waals surface area contributed by atoms with Crippen LogP contribution in [0, 0.1) is 0 Å². The highest BCUT2D eigenvalue weighted by molar-refractivity contribution is 6.06. The lowest BCUT2D eigenvalue weighted by Gasteiger charge is -1.65. The summed E-state index contributed by atoms with van der Waals surface area (Å²) in [5, 5.41) is 0. The van der Waals surface area contributed by atoms with Gasteiger partial charge in [-0.15, -0.1) is 0 Å². The van der Waals surface area contributed by atoms with Crippen molar-refractivity contribution in [3.05, 3.63) is 0 Å². The summed E-state index contributed by atoms with van der Waals surface area (Å²) in [6, 6.07) is 0. The van der Waals surface area contributed by atoms with Crippen LogP contribution in [0.2, 0.25) is 0 Å². The van der Waals surface area contributed by atoms with Crippen molar-refractivity contribution in [3.63, 3.8) is 0 Å². The van der Waals surface area contributed by atoms with Crippen molar-refractivity contribution < 1.29 is 8.89 Å². The largest absolute Gasteiger partial charge is 0.594 e. The predicted octanol–water partition coefficient (Wildman–Crippen LogP) is -0.403. The van der Waals surface area contributed by atoms with Crippen LogP contribution in [0.25, 0.3) is 0 Å². The molecule has 0 aliphatic carbocycles. The number of hydrogen-bond donors (Lipinski definition) is 0. The smallest absolute Gasteiger partial charge is 0.523 e. The highest BCUT2D eigenvalue weighted by Gasteiger charge is 1.56. The quantitative estimate of drug-likeness (QED) is 0.396. The fourth-order valence-corrected chi connectivity index (χ4v) is 0. The van der Waals surface area contributed by atoms with Gasteiger partial charge < -0.3 is 8.89 Å². The van der Waals surface area contributed by atoms with Gasteiger partial charge in [0.2, 0.25) is 0 Å². The van der Waals surface area contributed by atoms with E-state index in [2.05, 4.69) is 4.43 Å². The van der Waals surface area contributed by atoms with Crippen molar-refractivity contribution in [1.82, 2.24) is 0 Å². The van der Waals surface area contributed by atoms with E-state index in [0.717, 1.165) is 0 Å². The van der Waals surface area contributed by atoms with E-state index in [0.29, 0.717) is 0 Å². The lowest BCUT2D eigenvalue weighted by molar-refractivity contribution is 0.391.